The lowest BCUT2D eigenvalue weighted by molar-refractivity contribution is 0.0141. The lowest BCUT2D eigenvalue weighted by Gasteiger charge is -2.18. The van der Waals surface area contributed by atoms with E-state index in [1.807, 2.05) is 0 Å². The quantitative estimate of drug-likeness (QED) is 0.618. The van der Waals surface area contributed by atoms with E-state index in [2.05, 4.69) is 19.2 Å². The molecule has 11 heavy (non-hydrogen) atoms. The van der Waals surface area contributed by atoms with Crippen LogP contribution in [0.3, 0.4) is 0 Å². The highest BCUT2D eigenvalue weighted by molar-refractivity contribution is 4.72. The van der Waals surface area contributed by atoms with E-state index in [4.69, 9.17) is 4.74 Å². The molecule has 1 fully saturated rings. The van der Waals surface area contributed by atoms with Gasteiger partial charge in [0.25, 0.3) is 0 Å². The number of hydrogen-bond donors (Lipinski definition) is 1. The predicted molar refractivity (Wildman–Crippen MR) is 42.3 cm³/mol. The number of hydrogen-bond acceptors (Lipinski definition) is 2. The topological polar surface area (TPSA) is 21.3 Å². The lowest BCUT2D eigenvalue weighted by Crippen LogP contribution is -2.30. The largest absolute Gasteiger partial charge is 0.374 e. The molecular formula is C8H16FNO. The Hall–Kier alpha value is -0.150. The van der Waals surface area contributed by atoms with Crippen molar-refractivity contribution in [1.82, 2.24) is 5.32 Å². The number of rotatable bonds is 1. The third kappa shape index (κ3) is 2.75. The van der Waals surface area contributed by atoms with Crippen LogP contribution in [0.4, 0.5) is 4.39 Å². The fraction of sp³-hybridized carbons (Fsp3) is 1.00. The molecule has 2 unspecified atom stereocenters. The van der Waals surface area contributed by atoms with Crippen LogP contribution in [-0.2, 0) is 4.74 Å². The highest BCUT2D eigenvalue weighted by atomic mass is 19.1. The Balaban J connectivity index is 2.34. The maximum absolute atomic E-state index is 12.7. The molecule has 0 aliphatic carbocycles. The molecule has 0 aromatic heterocycles. The smallest absolute Gasteiger partial charge is 0.136 e. The Bertz CT molecular complexity index is 119. The molecule has 3 heteroatoms. The summed E-state index contributed by atoms with van der Waals surface area (Å²) in [6.45, 7) is 5.63. The molecule has 1 N–H and O–H groups in total. The first-order valence-electron chi connectivity index (χ1n) is 4.16. The van der Waals surface area contributed by atoms with Crippen molar-refractivity contribution in [3.05, 3.63) is 0 Å². The van der Waals surface area contributed by atoms with Gasteiger partial charge in [0.15, 0.2) is 0 Å². The fourth-order valence-corrected chi connectivity index (χ4v) is 1.16. The summed E-state index contributed by atoms with van der Waals surface area (Å²) < 4.78 is 18.0. The van der Waals surface area contributed by atoms with Crippen LogP contribution in [0.2, 0.25) is 0 Å². The van der Waals surface area contributed by atoms with Crippen molar-refractivity contribution in [3.8, 4) is 0 Å². The second-order valence-corrected chi connectivity index (χ2v) is 3.37. The normalized spacial score (nSPS) is 33.8. The SMILES string of the molecule is CC(C)C1CNCC(F)CO1. The third-order valence-corrected chi connectivity index (χ3v) is 1.95. The monoisotopic (exact) mass is 161 g/mol. The van der Waals surface area contributed by atoms with Gasteiger partial charge >= 0.3 is 0 Å². The maximum atomic E-state index is 12.7. The van der Waals surface area contributed by atoms with Crippen LogP contribution in [0.1, 0.15) is 13.8 Å². The van der Waals surface area contributed by atoms with Crippen LogP contribution >= 0.6 is 0 Å². The van der Waals surface area contributed by atoms with Crippen molar-refractivity contribution >= 4 is 0 Å². The Morgan fingerprint density at radius 1 is 1.45 bits per heavy atom. The van der Waals surface area contributed by atoms with Gasteiger partial charge < -0.3 is 10.1 Å². The Morgan fingerprint density at radius 2 is 2.18 bits per heavy atom. The predicted octanol–water partition coefficient (Wildman–Crippen LogP) is 0.969. The zero-order valence-corrected chi connectivity index (χ0v) is 7.14. The Morgan fingerprint density at radius 3 is 2.82 bits per heavy atom. The summed E-state index contributed by atoms with van der Waals surface area (Å²) in [5.74, 6) is 0.466. The molecule has 2 nitrogen and oxygen atoms in total. The number of nitrogens with one attached hydrogen (secondary N) is 1. The fourth-order valence-electron chi connectivity index (χ4n) is 1.16. The molecule has 66 valence electrons. The molecular weight excluding hydrogens is 145 g/mol. The molecule has 2 atom stereocenters. The van der Waals surface area contributed by atoms with E-state index in [0.717, 1.165) is 6.54 Å². The van der Waals surface area contributed by atoms with Crippen LogP contribution in [0.15, 0.2) is 0 Å². The van der Waals surface area contributed by atoms with Gasteiger partial charge in [0.1, 0.15) is 6.17 Å². The zero-order valence-electron chi connectivity index (χ0n) is 7.14. The molecule has 0 radical (unpaired) electrons. The van der Waals surface area contributed by atoms with Gasteiger partial charge in [0.05, 0.1) is 12.7 Å². The minimum absolute atomic E-state index is 0.177. The van der Waals surface area contributed by atoms with Crippen molar-refractivity contribution in [2.75, 3.05) is 19.7 Å². The van der Waals surface area contributed by atoms with Gasteiger partial charge in [-0.25, -0.2) is 4.39 Å². The number of alkyl halides is 1. The molecule has 1 saturated heterocycles. The van der Waals surface area contributed by atoms with E-state index in [1.54, 1.807) is 0 Å². The summed E-state index contributed by atoms with van der Waals surface area (Å²) in [5, 5.41) is 3.03. The van der Waals surface area contributed by atoms with E-state index in [0.29, 0.717) is 12.5 Å². The summed E-state index contributed by atoms with van der Waals surface area (Å²) >= 11 is 0. The van der Waals surface area contributed by atoms with Gasteiger partial charge in [-0.1, -0.05) is 13.8 Å². The van der Waals surface area contributed by atoms with E-state index >= 15 is 0 Å². The zero-order chi connectivity index (χ0) is 8.27. The summed E-state index contributed by atoms with van der Waals surface area (Å²) in [5.41, 5.74) is 0. The maximum Gasteiger partial charge on any atom is 0.136 e. The minimum Gasteiger partial charge on any atom is -0.374 e. The van der Waals surface area contributed by atoms with Crippen LogP contribution in [0.25, 0.3) is 0 Å². The molecule has 0 amide bonds. The first kappa shape index (κ1) is 8.94. The third-order valence-electron chi connectivity index (χ3n) is 1.95. The van der Waals surface area contributed by atoms with Crippen molar-refractivity contribution in [2.45, 2.75) is 26.1 Å². The van der Waals surface area contributed by atoms with E-state index < -0.39 is 6.17 Å². The summed E-state index contributed by atoms with van der Waals surface area (Å²) in [6.07, 6.45) is -0.658. The van der Waals surface area contributed by atoms with Crippen molar-refractivity contribution < 1.29 is 9.13 Å². The molecule has 1 aliphatic heterocycles. The van der Waals surface area contributed by atoms with Gasteiger partial charge in [0, 0.05) is 13.1 Å². The molecule has 0 bridgehead atoms. The number of halogens is 1. The van der Waals surface area contributed by atoms with Crippen molar-refractivity contribution in [1.29, 1.82) is 0 Å². The minimum atomic E-state index is -0.834. The van der Waals surface area contributed by atoms with E-state index in [1.165, 1.54) is 0 Å². The summed E-state index contributed by atoms with van der Waals surface area (Å²) in [7, 11) is 0. The lowest BCUT2D eigenvalue weighted by atomic mass is 10.1. The van der Waals surface area contributed by atoms with E-state index in [-0.39, 0.29) is 12.7 Å². The Kier molecular flexibility index (Phi) is 3.27. The van der Waals surface area contributed by atoms with Crippen LogP contribution in [0, 0.1) is 5.92 Å². The van der Waals surface area contributed by atoms with Gasteiger partial charge in [-0.2, -0.15) is 0 Å². The highest BCUT2D eigenvalue weighted by Gasteiger charge is 2.20. The second kappa shape index (κ2) is 4.02. The molecule has 0 saturated carbocycles. The van der Waals surface area contributed by atoms with Gasteiger partial charge in [-0.15, -0.1) is 0 Å². The average molecular weight is 161 g/mol. The summed E-state index contributed by atoms with van der Waals surface area (Å²) in [6, 6.07) is 0. The first-order valence-corrected chi connectivity index (χ1v) is 4.16. The van der Waals surface area contributed by atoms with Crippen molar-refractivity contribution in [3.63, 3.8) is 0 Å². The van der Waals surface area contributed by atoms with Crippen molar-refractivity contribution in [2.24, 2.45) is 5.92 Å². The van der Waals surface area contributed by atoms with Crippen LogP contribution < -0.4 is 5.32 Å². The molecule has 1 heterocycles. The Labute approximate surface area is 67.1 Å². The standard InChI is InChI=1S/C8H16FNO/c1-6(2)8-4-10-3-7(9)5-11-8/h6-8,10H,3-5H2,1-2H3. The van der Waals surface area contributed by atoms with Crippen LogP contribution in [-0.4, -0.2) is 32.0 Å². The first-order chi connectivity index (χ1) is 5.20. The van der Waals surface area contributed by atoms with Gasteiger partial charge in [-0.3, -0.25) is 0 Å². The molecule has 0 aromatic carbocycles. The molecule has 1 rings (SSSR count). The van der Waals surface area contributed by atoms with Gasteiger partial charge in [0.2, 0.25) is 0 Å². The molecule has 1 aliphatic rings. The van der Waals surface area contributed by atoms with E-state index in [9.17, 15) is 4.39 Å². The van der Waals surface area contributed by atoms with Crippen LogP contribution in [0.5, 0.6) is 0 Å². The highest BCUT2D eigenvalue weighted by Crippen LogP contribution is 2.09. The second-order valence-electron chi connectivity index (χ2n) is 3.37. The number of ether oxygens (including phenoxy) is 1. The molecule has 0 spiro atoms. The average Bonchev–Trinajstić information content (AvgIpc) is 2.13. The molecule has 0 aromatic rings. The van der Waals surface area contributed by atoms with Gasteiger partial charge in [-0.05, 0) is 5.92 Å². The summed E-state index contributed by atoms with van der Waals surface area (Å²) in [4.78, 5) is 0.